The van der Waals surface area contributed by atoms with Gasteiger partial charge in [0.15, 0.2) is 5.71 Å². The van der Waals surface area contributed by atoms with Crippen LogP contribution in [-0.2, 0) is 4.79 Å². The van der Waals surface area contributed by atoms with Crippen molar-refractivity contribution >= 4 is 11.7 Å². The molecule has 2 N–H and O–H groups in total. The van der Waals surface area contributed by atoms with Crippen molar-refractivity contribution in [3.8, 4) is 0 Å². The maximum absolute atomic E-state index is 12.4. The van der Waals surface area contributed by atoms with E-state index in [0.29, 0.717) is 0 Å². The fraction of sp³-hybridized carbons (Fsp3) is 0.429. The van der Waals surface area contributed by atoms with Gasteiger partial charge in [0.25, 0.3) is 0 Å². The fourth-order valence-electron chi connectivity index (χ4n) is 1.07. The van der Waals surface area contributed by atoms with Crippen LogP contribution in [0.25, 0.3) is 0 Å². The number of carbonyl (C=O) groups is 1. The van der Waals surface area contributed by atoms with Crippen molar-refractivity contribution in [3.05, 3.63) is 11.8 Å². The van der Waals surface area contributed by atoms with E-state index < -0.39 is 36.2 Å². The van der Waals surface area contributed by atoms with Gasteiger partial charge in [-0.05, 0) is 0 Å². The molecular weight excluding hydrogens is 272 g/mol. The van der Waals surface area contributed by atoms with E-state index in [1.165, 1.54) is 0 Å². The summed E-state index contributed by atoms with van der Waals surface area (Å²) in [6.45, 7) is -0.978. The zero-order valence-corrected chi connectivity index (χ0v) is 8.30. The van der Waals surface area contributed by atoms with Crippen LogP contribution >= 0.6 is 0 Å². The normalized spacial score (nSPS) is 16.9. The number of nitrogens with one attached hydrogen (secondary N) is 1. The number of aliphatic carboxylic acids is 1. The maximum Gasteiger partial charge on any atom is 0.435 e. The monoisotopic (exact) mass is 277 g/mol. The molecular formula is C7H5F6N3O2. The average molecular weight is 277 g/mol. The molecule has 11 heteroatoms. The van der Waals surface area contributed by atoms with Gasteiger partial charge < -0.3 is 5.11 Å². The molecule has 5 nitrogen and oxygen atoms in total. The Bertz CT molecular complexity index is 410. The summed E-state index contributed by atoms with van der Waals surface area (Å²) in [7, 11) is 0. The maximum atomic E-state index is 12.4. The minimum Gasteiger partial charge on any atom is -0.480 e. The summed E-state index contributed by atoms with van der Waals surface area (Å²) in [5.41, 5.74) is -2.66. The Balaban J connectivity index is 3.09. The molecule has 0 amide bonds. The van der Waals surface area contributed by atoms with Gasteiger partial charge in [0.05, 0.1) is 0 Å². The van der Waals surface area contributed by atoms with Crippen LogP contribution in [0.2, 0.25) is 0 Å². The van der Waals surface area contributed by atoms with E-state index in [1.807, 2.05) is 0 Å². The molecule has 0 saturated carbocycles. The molecule has 0 aromatic carbocycles. The Morgan fingerprint density at radius 2 is 1.83 bits per heavy atom. The van der Waals surface area contributed by atoms with Crippen molar-refractivity contribution in [2.45, 2.75) is 12.4 Å². The third-order valence-electron chi connectivity index (χ3n) is 1.71. The molecule has 0 atom stereocenters. The van der Waals surface area contributed by atoms with Gasteiger partial charge in [-0.25, -0.2) is 5.53 Å². The van der Waals surface area contributed by atoms with Crippen LogP contribution in [0, 0.1) is 0 Å². The van der Waals surface area contributed by atoms with E-state index >= 15 is 0 Å². The number of nitrogens with zero attached hydrogens (tertiary/aromatic N) is 2. The van der Waals surface area contributed by atoms with E-state index in [0.717, 1.165) is 0 Å². The van der Waals surface area contributed by atoms with Crippen molar-refractivity contribution in [2.24, 2.45) is 5.10 Å². The molecule has 0 fully saturated rings. The van der Waals surface area contributed by atoms with Crippen LogP contribution in [0.4, 0.5) is 26.3 Å². The minimum atomic E-state index is -5.30. The molecule has 0 spiro atoms. The molecule has 0 aromatic heterocycles. The molecule has 1 aliphatic heterocycles. The lowest BCUT2D eigenvalue weighted by molar-refractivity contribution is -0.138. The number of rotatable bonds is 2. The van der Waals surface area contributed by atoms with E-state index in [9.17, 15) is 31.1 Å². The van der Waals surface area contributed by atoms with Crippen LogP contribution in [0.3, 0.4) is 0 Å². The molecule has 0 radical (unpaired) electrons. The molecule has 1 heterocycles. The highest BCUT2D eigenvalue weighted by molar-refractivity contribution is 6.05. The third-order valence-corrected chi connectivity index (χ3v) is 1.71. The van der Waals surface area contributed by atoms with E-state index in [2.05, 4.69) is 5.10 Å². The van der Waals surface area contributed by atoms with E-state index in [-0.39, 0.29) is 11.2 Å². The first kappa shape index (κ1) is 14.1. The summed E-state index contributed by atoms with van der Waals surface area (Å²) in [6.07, 6.45) is -10.6. The lowest BCUT2D eigenvalue weighted by atomic mass is 10.1. The molecule has 18 heavy (non-hydrogen) atoms. The number of allylic oxidation sites excluding steroid dienone is 1. The van der Waals surface area contributed by atoms with Crippen molar-refractivity contribution in [1.29, 1.82) is 0 Å². The second-order valence-electron chi connectivity index (χ2n) is 3.12. The summed E-state index contributed by atoms with van der Waals surface area (Å²) in [5.74, 6) is -1.54. The van der Waals surface area contributed by atoms with Crippen LogP contribution < -0.4 is 5.53 Å². The first-order valence-corrected chi connectivity index (χ1v) is 4.20. The number of hydrogen-bond donors (Lipinski definition) is 2. The van der Waals surface area contributed by atoms with Crippen LogP contribution in [0.1, 0.15) is 0 Å². The summed E-state index contributed by atoms with van der Waals surface area (Å²) < 4.78 is 73.9. The Morgan fingerprint density at radius 1 is 1.28 bits per heavy atom. The van der Waals surface area contributed by atoms with Crippen molar-refractivity contribution in [3.63, 3.8) is 0 Å². The second kappa shape index (κ2) is 4.38. The van der Waals surface area contributed by atoms with Gasteiger partial charge in [0, 0.05) is 6.20 Å². The molecule has 0 unspecified atom stereocenters. The summed E-state index contributed by atoms with van der Waals surface area (Å²) >= 11 is 0. The smallest absolute Gasteiger partial charge is 0.435 e. The lowest BCUT2D eigenvalue weighted by Crippen LogP contribution is -2.44. The lowest BCUT2D eigenvalue weighted by Gasteiger charge is -2.26. The average Bonchev–Trinajstić information content (AvgIpc) is 2.13. The third kappa shape index (κ3) is 3.28. The predicted molar refractivity (Wildman–Crippen MR) is 45.1 cm³/mol. The van der Waals surface area contributed by atoms with Gasteiger partial charge >= 0.3 is 18.3 Å². The van der Waals surface area contributed by atoms with Crippen LogP contribution in [0.5, 0.6) is 0 Å². The number of carboxylic acid groups (broad SMARTS) is 1. The van der Waals surface area contributed by atoms with Gasteiger partial charge in [-0.2, -0.15) is 31.4 Å². The fourth-order valence-corrected chi connectivity index (χ4v) is 1.07. The molecule has 0 saturated heterocycles. The molecule has 1 rings (SSSR count). The van der Waals surface area contributed by atoms with Gasteiger partial charge in [-0.15, -0.1) is 0 Å². The zero-order chi connectivity index (χ0) is 14.1. The van der Waals surface area contributed by atoms with Gasteiger partial charge in [0.1, 0.15) is 12.1 Å². The van der Waals surface area contributed by atoms with Crippen molar-refractivity contribution < 1.29 is 36.2 Å². The minimum absolute atomic E-state index is 0.00391. The first-order valence-electron chi connectivity index (χ1n) is 4.20. The topological polar surface area (TPSA) is 64.9 Å². The van der Waals surface area contributed by atoms with Gasteiger partial charge in [0.2, 0.25) is 0 Å². The second-order valence-corrected chi connectivity index (χ2v) is 3.12. The van der Waals surface area contributed by atoms with Crippen LogP contribution in [-0.4, -0.2) is 40.7 Å². The van der Waals surface area contributed by atoms with E-state index in [1.54, 1.807) is 5.53 Å². The first-order chi connectivity index (χ1) is 8.01. The zero-order valence-electron chi connectivity index (χ0n) is 8.30. The highest BCUT2D eigenvalue weighted by atomic mass is 19.4. The predicted octanol–water partition coefficient (Wildman–Crippen LogP) is 1.26. The summed E-state index contributed by atoms with van der Waals surface area (Å²) in [4.78, 5) is 10.2. The number of alkyl halides is 6. The highest BCUT2D eigenvalue weighted by Gasteiger charge is 2.50. The van der Waals surface area contributed by atoms with E-state index in [4.69, 9.17) is 5.11 Å². The molecule has 0 aliphatic carbocycles. The number of halogens is 6. The molecule has 0 aromatic rings. The number of hydrogen-bond acceptors (Lipinski definition) is 4. The SMILES string of the molecule is O=C(O)CN1C=C(C(F)(F)F)C(C(F)(F)F)=NN1. The quantitative estimate of drug-likeness (QED) is 0.746. The van der Waals surface area contributed by atoms with Gasteiger partial charge in [-0.1, -0.05) is 0 Å². The molecule has 1 aliphatic rings. The molecule has 0 bridgehead atoms. The van der Waals surface area contributed by atoms with Gasteiger partial charge in [-0.3, -0.25) is 9.80 Å². The van der Waals surface area contributed by atoms with Crippen molar-refractivity contribution in [1.82, 2.24) is 10.5 Å². The molecule has 102 valence electrons. The Kier molecular flexibility index (Phi) is 3.44. The summed E-state index contributed by atoms with van der Waals surface area (Å²) in [5, 5.41) is 11.1. The summed E-state index contributed by atoms with van der Waals surface area (Å²) in [6, 6.07) is 0. The number of carboxylic acids is 1. The Morgan fingerprint density at radius 3 is 2.22 bits per heavy atom. The van der Waals surface area contributed by atoms with Crippen molar-refractivity contribution in [2.75, 3.05) is 6.54 Å². The van der Waals surface area contributed by atoms with Crippen LogP contribution in [0.15, 0.2) is 16.9 Å². The largest absolute Gasteiger partial charge is 0.480 e. The standard InChI is InChI=1S/C7H5F6N3O2/c8-6(9,10)3-1-16(2-4(17)18)15-14-5(3)7(11,12)13/h1,15H,2H2,(H,17,18). The number of hydrazine groups is 1. The Hall–Kier alpha value is -1.94. The number of hydrazone groups is 1. The highest BCUT2D eigenvalue weighted by Crippen LogP contribution is 2.34. The Labute approximate surface area is 95.3 Å².